The molecule has 4 heteroatoms. The number of ether oxygens (including phenoxy) is 2. The maximum absolute atomic E-state index is 11.7. The van der Waals surface area contributed by atoms with Crippen LogP contribution in [0.15, 0.2) is 0 Å². The summed E-state index contributed by atoms with van der Waals surface area (Å²) in [6.07, 6.45) is 0.523. The van der Waals surface area contributed by atoms with Crippen LogP contribution in [0.25, 0.3) is 0 Å². The van der Waals surface area contributed by atoms with Gasteiger partial charge in [0, 0.05) is 5.41 Å². The third kappa shape index (κ3) is 2.47. The first-order valence-electron chi connectivity index (χ1n) is 6.24. The van der Waals surface area contributed by atoms with Crippen molar-refractivity contribution in [2.75, 3.05) is 6.61 Å². The Kier molecular flexibility index (Phi) is 2.99. The fraction of sp³-hybridized carbons (Fsp3) is 0.923. The van der Waals surface area contributed by atoms with Gasteiger partial charge in [0.25, 0.3) is 0 Å². The molecule has 1 aliphatic carbocycles. The van der Waals surface area contributed by atoms with E-state index < -0.39 is 12.0 Å². The van der Waals surface area contributed by atoms with Gasteiger partial charge in [-0.25, -0.2) is 0 Å². The minimum absolute atomic E-state index is 0.0256. The van der Waals surface area contributed by atoms with Gasteiger partial charge in [-0.2, -0.15) is 0 Å². The van der Waals surface area contributed by atoms with Crippen molar-refractivity contribution >= 4 is 5.97 Å². The van der Waals surface area contributed by atoms with Crippen molar-refractivity contribution < 1.29 is 19.4 Å². The van der Waals surface area contributed by atoms with E-state index in [1.807, 2.05) is 27.7 Å². The van der Waals surface area contributed by atoms with Gasteiger partial charge in [-0.3, -0.25) is 4.79 Å². The van der Waals surface area contributed by atoms with Crippen LogP contribution >= 0.6 is 0 Å². The Hall–Kier alpha value is -0.610. The molecule has 0 amide bonds. The summed E-state index contributed by atoms with van der Waals surface area (Å²) < 4.78 is 11.3. The zero-order chi connectivity index (χ0) is 12.8. The summed E-state index contributed by atoms with van der Waals surface area (Å²) in [5, 5.41) is 9.97. The van der Waals surface area contributed by atoms with E-state index in [2.05, 4.69) is 0 Å². The largest absolute Gasteiger partial charge is 0.465 e. The lowest BCUT2D eigenvalue weighted by Crippen LogP contribution is -2.49. The van der Waals surface area contributed by atoms with Crippen LogP contribution in [0.5, 0.6) is 0 Å². The Morgan fingerprint density at radius 2 is 2.12 bits per heavy atom. The summed E-state index contributed by atoms with van der Waals surface area (Å²) in [4.78, 5) is 11.7. The van der Waals surface area contributed by atoms with Crippen LogP contribution in [-0.4, -0.2) is 35.5 Å². The predicted molar refractivity (Wildman–Crippen MR) is 62.4 cm³/mol. The molecule has 2 aliphatic heterocycles. The number of fused-ring (bicyclic) bond motifs is 4. The van der Waals surface area contributed by atoms with Crippen LogP contribution in [0, 0.1) is 11.3 Å². The van der Waals surface area contributed by atoms with Crippen LogP contribution in [0.4, 0.5) is 0 Å². The second kappa shape index (κ2) is 3.95. The van der Waals surface area contributed by atoms with Gasteiger partial charge in [0.1, 0.15) is 0 Å². The molecule has 4 atom stereocenters. The van der Waals surface area contributed by atoms with Crippen LogP contribution in [0.2, 0.25) is 0 Å². The number of aliphatic hydroxyl groups is 1. The number of carbonyl (C=O) groups excluding carboxylic acids is 1. The highest BCUT2D eigenvalue weighted by atomic mass is 16.5. The molecule has 1 N–H and O–H groups in total. The summed E-state index contributed by atoms with van der Waals surface area (Å²) in [6.45, 7) is 8.40. The average Bonchev–Trinajstić information content (AvgIpc) is 2.32. The van der Waals surface area contributed by atoms with Gasteiger partial charge in [0.2, 0.25) is 0 Å². The van der Waals surface area contributed by atoms with E-state index in [-0.39, 0.29) is 23.1 Å². The third-order valence-corrected chi connectivity index (χ3v) is 3.73. The molecule has 1 saturated carbocycles. The van der Waals surface area contributed by atoms with Gasteiger partial charge in [0.15, 0.2) is 0 Å². The Morgan fingerprint density at radius 1 is 1.47 bits per heavy atom. The highest BCUT2D eigenvalue weighted by Crippen LogP contribution is 2.45. The number of carbonyl (C=O) groups is 1. The summed E-state index contributed by atoms with van der Waals surface area (Å²) in [5.41, 5.74) is -0.512. The minimum Gasteiger partial charge on any atom is -0.465 e. The van der Waals surface area contributed by atoms with E-state index in [0.29, 0.717) is 19.4 Å². The molecule has 0 unspecified atom stereocenters. The van der Waals surface area contributed by atoms with Gasteiger partial charge in [-0.05, 0) is 33.6 Å². The highest BCUT2D eigenvalue weighted by molar-refractivity contribution is 5.74. The molecule has 0 aromatic heterocycles. The number of hydrogen-bond donors (Lipinski definition) is 1. The minimum atomic E-state index is -0.588. The Labute approximate surface area is 102 Å². The van der Waals surface area contributed by atoms with Crippen molar-refractivity contribution in [3.63, 3.8) is 0 Å². The lowest BCUT2D eigenvalue weighted by atomic mass is 9.69. The lowest BCUT2D eigenvalue weighted by molar-refractivity contribution is -0.156. The van der Waals surface area contributed by atoms with Crippen molar-refractivity contribution in [2.45, 2.75) is 58.3 Å². The molecule has 0 aromatic rings. The van der Waals surface area contributed by atoms with Crippen molar-refractivity contribution in [1.82, 2.24) is 0 Å². The molecule has 3 aliphatic rings. The molecule has 3 fully saturated rings. The maximum Gasteiger partial charge on any atom is 0.311 e. The Balaban J connectivity index is 2.23. The van der Waals surface area contributed by atoms with Gasteiger partial charge >= 0.3 is 5.97 Å². The van der Waals surface area contributed by atoms with Gasteiger partial charge in [-0.15, -0.1) is 0 Å². The van der Waals surface area contributed by atoms with Crippen molar-refractivity contribution in [3.05, 3.63) is 0 Å². The van der Waals surface area contributed by atoms with Crippen LogP contribution in [0.3, 0.4) is 0 Å². The Bertz CT molecular complexity index is 320. The summed E-state index contributed by atoms with van der Waals surface area (Å²) in [6, 6.07) is 0. The topological polar surface area (TPSA) is 55.8 Å². The highest BCUT2D eigenvalue weighted by Gasteiger charge is 2.52. The van der Waals surface area contributed by atoms with E-state index >= 15 is 0 Å². The van der Waals surface area contributed by atoms with Crippen molar-refractivity contribution in [2.24, 2.45) is 11.3 Å². The molecule has 2 heterocycles. The van der Waals surface area contributed by atoms with Crippen LogP contribution in [-0.2, 0) is 14.3 Å². The quantitative estimate of drug-likeness (QED) is 0.708. The molecule has 0 spiro atoms. The molecule has 4 nitrogen and oxygen atoms in total. The zero-order valence-corrected chi connectivity index (χ0v) is 11.0. The number of aliphatic hydroxyl groups excluding tert-OH is 1. The van der Waals surface area contributed by atoms with Crippen LogP contribution in [0.1, 0.15) is 40.5 Å². The van der Waals surface area contributed by atoms with E-state index in [0.717, 1.165) is 0 Å². The van der Waals surface area contributed by atoms with Crippen LogP contribution < -0.4 is 0 Å². The molecule has 2 saturated heterocycles. The average molecular weight is 242 g/mol. The standard InChI is InChI=1S/C13H22O4/c1-12(2,3)17-10-5-8-9(14)6-13(10,4)7-16-11(8)15/h8-10,14H,5-7H2,1-4H3/t8-,9-,10+,13+/m1/s1. The first-order valence-corrected chi connectivity index (χ1v) is 6.24. The monoisotopic (exact) mass is 242 g/mol. The smallest absolute Gasteiger partial charge is 0.311 e. The van der Waals surface area contributed by atoms with Gasteiger partial charge in [-0.1, -0.05) is 6.92 Å². The number of esters is 1. The molecule has 3 rings (SSSR count). The second-order valence-electron chi connectivity index (χ2n) is 6.59. The molecule has 17 heavy (non-hydrogen) atoms. The maximum atomic E-state index is 11.7. The van der Waals surface area contributed by atoms with E-state index in [9.17, 15) is 9.90 Å². The number of rotatable bonds is 1. The third-order valence-electron chi connectivity index (χ3n) is 3.73. The Morgan fingerprint density at radius 3 is 2.71 bits per heavy atom. The normalized spacial score (nSPS) is 42.2. The fourth-order valence-electron chi connectivity index (χ4n) is 2.79. The first kappa shape index (κ1) is 12.8. The molecule has 0 aromatic carbocycles. The first-order chi connectivity index (χ1) is 7.71. The molecular formula is C13H22O4. The molecule has 98 valence electrons. The lowest BCUT2D eigenvalue weighted by Gasteiger charge is -2.44. The van der Waals surface area contributed by atoms with Gasteiger partial charge < -0.3 is 14.6 Å². The fourth-order valence-corrected chi connectivity index (χ4v) is 2.79. The van der Waals surface area contributed by atoms with Crippen molar-refractivity contribution in [3.8, 4) is 0 Å². The predicted octanol–water partition coefficient (Wildman–Crippen LogP) is 1.50. The second-order valence-corrected chi connectivity index (χ2v) is 6.59. The molecule has 2 bridgehead atoms. The summed E-state index contributed by atoms with van der Waals surface area (Å²) in [5.74, 6) is -0.695. The molecule has 0 radical (unpaired) electrons. The SMILES string of the molecule is CC(C)(C)O[C@H]1C[C@H]2C(=O)OC[C@]1(C)C[C@H]2O. The van der Waals surface area contributed by atoms with E-state index in [1.54, 1.807) is 0 Å². The van der Waals surface area contributed by atoms with E-state index in [1.165, 1.54) is 0 Å². The number of hydrogen-bond acceptors (Lipinski definition) is 4. The summed E-state index contributed by atoms with van der Waals surface area (Å²) >= 11 is 0. The molecular weight excluding hydrogens is 220 g/mol. The zero-order valence-electron chi connectivity index (χ0n) is 11.0. The summed E-state index contributed by atoms with van der Waals surface area (Å²) in [7, 11) is 0. The van der Waals surface area contributed by atoms with Gasteiger partial charge in [0.05, 0.1) is 30.3 Å². The van der Waals surface area contributed by atoms with Crippen molar-refractivity contribution in [1.29, 1.82) is 0 Å². The van der Waals surface area contributed by atoms with E-state index in [4.69, 9.17) is 9.47 Å².